The zero-order chi connectivity index (χ0) is 17.0. The van der Waals surface area contributed by atoms with E-state index in [0.717, 1.165) is 64.4 Å². The van der Waals surface area contributed by atoms with Crippen molar-refractivity contribution in [2.45, 2.75) is 83.3 Å². The van der Waals surface area contributed by atoms with Gasteiger partial charge in [-0.25, -0.2) is 0 Å². The fourth-order valence-corrected chi connectivity index (χ4v) is 3.56. The van der Waals surface area contributed by atoms with Crippen LogP contribution >= 0.6 is 0 Å². The average molecular weight is 340 g/mol. The molecule has 1 heterocycles. The van der Waals surface area contributed by atoms with Crippen LogP contribution in [0.25, 0.3) is 0 Å². The van der Waals surface area contributed by atoms with Crippen LogP contribution in [0.2, 0.25) is 0 Å². The molecule has 5 nitrogen and oxygen atoms in total. The number of aliphatic hydroxyl groups excluding tert-OH is 1. The topological polar surface area (TPSA) is 57.1 Å². The first-order valence-corrected chi connectivity index (χ1v) is 10.1. The summed E-state index contributed by atoms with van der Waals surface area (Å²) in [7, 11) is 0. The van der Waals surface area contributed by atoms with Gasteiger partial charge in [-0.05, 0) is 45.4 Å². The van der Waals surface area contributed by atoms with Crippen LogP contribution in [0.5, 0.6) is 0 Å². The number of ether oxygens (including phenoxy) is 1. The van der Waals surface area contributed by atoms with Gasteiger partial charge >= 0.3 is 0 Å². The third-order valence-corrected chi connectivity index (χ3v) is 5.07. The van der Waals surface area contributed by atoms with E-state index >= 15 is 0 Å². The van der Waals surface area contributed by atoms with Crippen molar-refractivity contribution in [2.75, 3.05) is 32.8 Å². The maximum Gasteiger partial charge on any atom is 0.193 e. The fourth-order valence-electron chi connectivity index (χ4n) is 3.56. The zero-order valence-corrected chi connectivity index (χ0v) is 15.5. The minimum atomic E-state index is -0.134. The second kappa shape index (κ2) is 11.7. The molecule has 2 aliphatic rings. The van der Waals surface area contributed by atoms with Gasteiger partial charge < -0.3 is 20.1 Å². The van der Waals surface area contributed by atoms with E-state index in [-0.39, 0.29) is 6.10 Å². The van der Waals surface area contributed by atoms with Crippen molar-refractivity contribution in [2.24, 2.45) is 4.99 Å². The molecule has 1 saturated carbocycles. The molecular formula is C19H37N3O2. The van der Waals surface area contributed by atoms with Gasteiger partial charge in [0.1, 0.15) is 0 Å². The molecule has 0 bridgehead atoms. The summed E-state index contributed by atoms with van der Waals surface area (Å²) in [6, 6.07) is 0. The molecule has 0 amide bonds. The van der Waals surface area contributed by atoms with Gasteiger partial charge in [0, 0.05) is 32.8 Å². The maximum absolute atomic E-state index is 9.64. The zero-order valence-electron chi connectivity index (χ0n) is 15.5. The number of unbranched alkanes of at least 4 members (excludes halogenated alkanes) is 1. The third-order valence-electron chi connectivity index (χ3n) is 5.07. The maximum atomic E-state index is 9.64. The molecule has 0 aromatic heterocycles. The van der Waals surface area contributed by atoms with E-state index < -0.39 is 0 Å². The summed E-state index contributed by atoms with van der Waals surface area (Å²) in [6.45, 7) is 6.54. The second-order valence-corrected chi connectivity index (χ2v) is 7.15. The average Bonchev–Trinajstić information content (AvgIpc) is 2.86. The molecule has 0 radical (unpaired) electrons. The predicted molar refractivity (Wildman–Crippen MR) is 99.5 cm³/mol. The number of nitrogens with one attached hydrogen (secondary N) is 1. The van der Waals surface area contributed by atoms with E-state index in [0.29, 0.717) is 6.10 Å². The summed E-state index contributed by atoms with van der Waals surface area (Å²) in [4.78, 5) is 7.03. The number of likely N-dealkylation sites (tertiary alicyclic amines) is 1. The van der Waals surface area contributed by atoms with Crippen molar-refractivity contribution < 1.29 is 9.84 Å². The van der Waals surface area contributed by atoms with E-state index in [1.165, 1.54) is 38.5 Å². The third kappa shape index (κ3) is 7.39. The van der Waals surface area contributed by atoms with Gasteiger partial charge in [0.05, 0.1) is 12.2 Å². The van der Waals surface area contributed by atoms with Crippen LogP contribution < -0.4 is 5.32 Å². The van der Waals surface area contributed by atoms with Crippen LogP contribution in [0.1, 0.15) is 71.1 Å². The first kappa shape index (κ1) is 19.5. The minimum Gasteiger partial charge on any atom is -0.393 e. The Morgan fingerprint density at radius 1 is 1.08 bits per heavy atom. The Bertz CT molecular complexity index is 347. The largest absolute Gasteiger partial charge is 0.393 e. The normalized spacial score (nSPS) is 21.8. The summed E-state index contributed by atoms with van der Waals surface area (Å²) in [5, 5.41) is 13.0. The molecule has 1 aliphatic heterocycles. The first-order valence-electron chi connectivity index (χ1n) is 10.1. The first-order chi connectivity index (χ1) is 11.8. The standard InChI is InChI=1S/C19H37N3O2/c1-2-20-19(22-14-11-17(23)12-15-22)21-13-7-8-16-24-18-9-5-3-4-6-10-18/h17-18,23H,2-16H2,1H3,(H,20,21). The highest BCUT2D eigenvalue weighted by atomic mass is 16.5. The Hall–Kier alpha value is -0.810. The van der Waals surface area contributed by atoms with Gasteiger partial charge in [-0.3, -0.25) is 4.99 Å². The second-order valence-electron chi connectivity index (χ2n) is 7.15. The summed E-state index contributed by atoms with van der Waals surface area (Å²) in [5.41, 5.74) is 0. The van der Waals surface area contributed by atoms with Gasteiger partial charge in [0.25, 0.3) is 0 Å². The quantitative estimate of drug-likeness (QED) is 0.324. The smallest absolute Gasteiger partial charge is 0.193 e. The Labute approximate surface area is 147 Å². The minimum absolute atomic E-state index is 0.134. The monoisotopic (exact) mass is 339 g/mol. The van der Waals surface area contributed by atoms with E-state index in [9.17, 15) is 5.11 Å². The molecule has 0 unspecified atom stereocenters. The fraction of sp³-hybridized carbons (Fsp3) is 0.947. The molecule has 5 heteroatoms. The molecule has 24 heavy (non-hydrogen) atoms. The molecule has 2 N–H and O–H groups in total. The molecule has 0 spiro atoms. The van der Waals surface area contributed by atoms with E-state index in [2.05, 4.69) is 17.1 Å². The molecular weight excluding hydrogens is 302 g/mol. The van der Waals surface area contributed by atoms with Gasteiger partial charge in [-0.15, -0.1) is 0 Å². The number of guanidine groups is 1. The Morgan fingerprint density at radius 2 is 1.79 bits per heavy atom. The van der Waals surface area contributed by atoms with Crippen molar-refractivity contribution >= 4 is 5.96 Å². The number of piperidine rings is 1. The predicted octanol–water partition coefficient (Wildman–Crippen LogP) is 2.93. The Morgan fingerprint density at radius 3 is 2.46 bits per heavy atom. The van der Waals surface area contributed by atoms with Gasteiger partial charge in [-0.1, -0.05) is 25.7 Å². The highest BCUT2D eigenvalue weighted by Gasteiger charge is 2.19. The lowest BCUT2D eigenvalue weighted by Gasteiger charge is -2.32. The molecule has 0 atom stereocenters. The molecule has 1 aliphatic carbocycles. The van der Waals surface area contributed by atoms with Crippen LogP contribution in [0.4, 0.5) is 0 Å². The molecule has 0 aromatic rings. The number of rotatable bonds is 7. The SMILES string of the molecule is CCNC(=NCCCCOC1CCCCCC1)N1CCC(O)CC1. The lowest BCUT2D eigenvalue weighted by atomic mass is 10.1. The Kier molecular flexibility index (Phi) is 9.51. The van der Waals surface area contributed by atoms with E-state index in [4.69, 9.17) is 9.73 Å². The van der Waals surface area contributed by atoms with Crippen LogP contribution in [0, 0.1) is 0 Å². The molecule has 140 valence electrons. The highest BCUT2D eigenvalue weighted by Crippen LogP contribution is 2.20. The van der Waals surface area contributed by atoms with E-state index in [1.807, 2.05) is 0 Å². The number of nitrogens with zero attached hydrogens (tertiary/aromatic N) is 2. The van der Waals surface area contributed by atoms with Crippen molar-refractivity contribution in [3.05, 3.63) is 0 Å². The molecule has 2 fully saturated rings. The van der Waals surface area contributed by atoms with Crippen molar-refractivity contribution in [3.8, 4) is 0 Å². The van der Waals surface area contributed by atoms with E-state index in [1.54, 1.807) is 0 Å². The molecule has 2 rings (SSSR count). The van der Waals surface area contributed by atoms with Crippen molar-refractivity contribution in [1.82, 2.24) is 10.2 Å². The van der Waals surface area contributed by atoms with Gasteiger partial charge in [-0.2, -0.15) is 0 Å². The lowest BCUT2D eigenvalue weighted by Crippen LogP contribution is -2.46. The number of hydrogen-bond acceptors (Lipinski definition) is 3. The lowest BCUT2D eigenvalue weighted by molar-refractivity contribution is 0.0412. The summed E-state index contributed by atoms with van der Waals surface area (Å²) in [6.07, 6.45) is 12.2. The van der Waals surface area contributed by atoms with Crippen LogP contribution in [0.3, 0.4) is 0 Å². The van der Waals surface area contributed by atoms with Crippen LogP contribution in [-0.4, -0.2) is 61.0 Å². The van der Waals surface area contributed by atoms with Gasteiger partial charge in [0.15, 0.2) is 5.96 Å². The van der Waals surface area contributed by atoms with Crippen molar-refractivity contribution in [1.29, 1.82) is 0 Å². The number of aliphatic hydroxyl groups is 1. The molecule has 0 aromatic carbocycles. The number of hydrogen-bond donors (Lipinski definition) is 2. The number of aliphatic imine (C=N–C) groups is 1. The van der Waals surface area contributed by atoms with Gasteiger partial charge in [0.2, 0.25) is 0 Å². The summed E-state index contributed by atoms with van der Waals surface area (Å²) < 4.78 is 6.04. The van der Waals surface area contributed by atoms with Crippen molar-refractivity contribution in [3.63, 3.8) is 0 Å². The van der Waals surface area contributed by atoms with Crippen LogP contribution in [0.15, 0.2) is 4.99 Å². The summed E-state index contributed by atoms with van der Waals surface area (Å²) in [5.74, 6) is 1.01. The molecule has 1 saturated heterocycles. The summed E-state index contributed by atoms with van der Waals surface area (Å²) >= 11 is 0. The Balaban J connectivity index is 1.61. The van der Waals surface area contributed by atoms with Crippen LogP contribution in [-0.2, 0) is 4.74 Å². The highest BCUT2D eigenvalue weighted by molar-refractivity contribution is 5.80.